The molecule has 0 fully saturated rings. The Morgan fingerprint density at radius 2 is 1.13 bits per heavy atom. The zero-order valence-corrected chi connectivity index (χ0v) is 24.9. The quantitative estimate of drug-likeness (QED) is 0.188. The number of rotatable bonds is 1. The summed E-state index contributed by atoms with van der Waals surface area (Å²) in [4.78, 5) is 0. The van der Waals surface area contributed by atoms with Crippen LogP contribution in [0.2, 0.25) is 0 Å². The Balaban J connectivity index is 1.23. The minimum atomic E-state index is 0.851. The maximum absolute atomic E-state index is 6.42. The second kappa shape index (κ2) is 8.77. The van der Waals surface area contributed by atoms with E-state index in [0.29, 0.717) is 0 Å². The summed E-state index contributed by atoms with van der Waals surface area (Å²) in [5, 5.41) is 7.40. The number of para-hydroxylation sites is 5. The SMILES string of the molecule is c1ccc2c(c1)-c1cc(-n3c4ccccc4c4ccccc43)ccc1Cc1cccc3c4cc5c(cc4n-2c13)oc1ccccc15. The molecule has 11 rings (SSSR count). The number of furan rings is 1. The molecule has 0 amide bonds. The van der Waals surface area contributed by atoms with Crippen molar-refractivity contribution in [1.29, 1.82) is 0 Å². The van der Waals surface area contributed by atoms with E-state index in [4.69, 9.17) is 4.42 Å². The van der Waals surface area contributed by atoms with Gasteiger partial charge in [0.1, 0.15) is 11.2 Å². The van der Waals surface area contributed by atoms with Gasteiger partial charge in [-0.05, 0) is 59.2 Å². The summed E-state index contributed by atoms with van der Waals surface area (Å²) in [6, 6.07) is 53.2. The van der Waals surface area contributed by atoms with Gasteiger partial charge in [0.25, 0.3) is 0 Å². The summed E-state index contributed by atoms with van der Waals surface area (Å²) >= 11 is 0. The van der Waals surface area contributed by atoms with Crippen molar-refractivity contribution >= 4 is 65.6 Å². The van der Waals surface area contributed by atoms with Gasteiger partial charge in [-0.25, -0.2) is 0 Å². The molecule has 4 heterocycles. The molecule has 0 aliphatic carbocycles. The molecule has 0 bridgehead atoms. The van der Waals surface area contributed by atoms with Gasteiger partial charge in [-0.2, -0.15) is 0 Å². The van der Waals surface area contributed by atoms with Crippen molar-refractivity contribution in [2.24, 2.45) is 0 Å². The largest absolute Gasteiger partial charge is 0.456 e. The van der Waals surface area contributed by atoms with Gasteiger partial charge in [0.15, 0.2) is 0 Å². The molecule has 0 radical (unpaired) electrons. The first-order valence-electron chi connectivity index (χ1n) is 15.9. The fourth-order valence-corrected chi connectivity index (χ4v) is 8.16. The monoisotopic (exact) mass is 586 g/mol. The van der Waals surface area contributed by atoms with Crippen LogP contribution in [0.25, 0.3) is 88.1 Å². The number of fused-ring (bicyclic) bond motifs is 13. The third kappa shape index (κ3) is 3.11. The number of hydrogen-bond donors (Lipinski definition) is 0. The first-order valence-corrected chi connectivity index (χ1v) is 15.9. The predicted molar refractivity (Wildman–Crippen MR) is 191 cm³/mol. The summed E-state index contributed by atoms with van der Waals surface area (Å²) in [5.41, 5.74) is 14.3. The first-order chi connectivity index (χ1) is 22.8. The van der Waals surface area contributed by atoms with Crippen molar-refractivity contribution < 1.29 is 4.42 Å². The first kappa shape index (κ1) is 24.3. The van der Waals surface area contributed by atoms with Gasteiger partial charge in [0.2, 0.25) is 0 Å². The van der Waals surface area contributed by atoms with Crippen LogP contribution in [-0.2, 0) is 6.42 Å². The molecule has 7 aromatic carbocycles. The summed E-state index contributed by atoms with van der Waals surface area (Å²) in [7, 11) is 0. The Morgan fingerprint density at radius 1 is 0.413 bits per heavy atom. The van der Waals surface area contributed by atoms with Crippen molar-refractivity contribution in [2.45, 2.75) is 6.42 Å². The maximum Gasteiger partial charge on any atom is 0.137 e. The minimum Gasteiger partial charge on any atom is -0.456 e. The lowest BCUT2D eigenvalue weighted by Crippen LogP contribution is -2.06. The molecule has 0 atom stereocenters. The van der Waals surface area contributed by atoms with Crippen molar-refractivity contribution in [3.8, 4) is 22.5 Å². The van der Waals surface area contributed by atoms with Gasteiger partial charge in [-0.15, -0.1) is 0 Å². The van der Waals surface area contributed by atoms with E-state index < -0.39 is 0 Å². The van der Waals surface area contributed by atoms with Gasteiger partial charge < -0.3 is 13.6 Å². The van der Waals surface area contributed by atoms with E-state index in [9.17, 15) is 0 Å². The van der Waals surface area contributed by atoms with E-state index in [-0.39, 0.29) is 0 Å². The van der Waals surface area contributed by atoms with Crippen LogP contribution < -0.4 is 0 Å². The Morgan fingerprint density at radius 3 is 1.98 bits per heavy atom. The van der Waals surface area contributed by atoms with Crippen LogP contribution >= 0.6 is 0 Å². The van der Waals surface area contributed by atoms with Gasteiger partial charge in [-0.3, -0.25) is 0 Å². The second-order valence-corrected chi connectivity index (χ2v) is 12.5. The van der Waals surface area contributed by atoms with Crippen LogP contribution in [0.4, 0.5) is 0 Å². The molecule has 3 aromatic heterocycles. The third-order valence-corrected chi connectivity index (χ3v) is 10.1. The van der Waals surface area contributed by atoms with Crippen molar-refractivity contribution in [2.75, 3.05) is 0 Å². The molecule has 0 N–H and O–H groups in total. The zero-order chi connectivity index (χ0) is 29.9. The van der Waals surface area contributed by atoms with Crippen LogP contribution in [0.5, 0.6) is 0 Å². The smallest absolute Gasteiger partial charge is 0.137 e. The Labute approximate surface area is 264 Å². The highest BCUT2D eigenvalue weighted by molar-refractivity contribution is 6.18. The number of benzene rings is 7. The Hall–Kier alpha value is -6.06. The summed E-state index contributed by atoms with van der Waals surface area (Å²) in [6.07, 6.45) is 0.851. The normalized spacial score (nSPS) is 12.7. The fraction of sp³-hybridized carbons (Fsp3) is 0.0233. The second-order valence-electron chi connectivity index (χ2n) is 12.5. The topological polar surface area (TPSA) is 23.0 Å². The molecule has 3 heteroatoms. The van der Waals surface area contributed by atoms with Crippen LogP contribution in [0.1, 0.15) is 11.1 Å². The van der Waals surface area contributed by atoms with Crippen LogP contribution in [0.15, 0.2) is 150 Å². The number of nitrogens with zero attached hydrogens (tertiary/aromatic N) is 2. The Bertz CT molecular complexity index is 2840. The highest BCUT2D eigenvalue weighted by Crippen LogP contribution is 2.44. The molecule has 1 aliphatic rings. The molecule has 1 aliphatic heterocycles. The van der Waals surface area contributed by atoms with Crippen LogP contribution in [-0.4, -0.2) is 9.13 Å². The van der Waals surface area contributed by atoms with Gasteiger partial charge >= 0.3 is 0 Å². The lowest BCUT2D eigenvalue weighted by atomic mass is 9.91. The number of aromatic nitrogens is 2. The zero-order valence-electron chi connectivity index (χ0n) is 24.9. The molecule has 0 saturated heterocycles. The van der Waals surface area contributed by atoms with E-state index in [1.807, 2.05) is 6.07 Å². The molecule has 10 aromatic rings. The molecule has 0 unspecified atom stereocenters. The van der Waals surface area contributed by atoms with Gasteiger partial charge in [0, 0.05) is 56.1 Å². The lowest BCUT2D eigenvalue weighted by molar-refractivity contribution is 0.669. The highest BCUT2D eigenvalue weighted by Gasteiger charge is 2.24. The van der Waals surface area contributed by atoms with Gasteiger partial charge in [0.05, 0.1) is 27.8 Å². The van der Waals surface area contributed by atoms with Crippen LogP contribution in [0, 0.1) is 0 Å². The van der Waals surface area contributed by atoms with E-state index in [1.165, 1.54) is 77.2 Å². The van der Waals surface area contributed by atoms with Crippen LogP contribution in [0.3, 0.4) is 0 Å². The van der Waals surface area contributed by atoms with Crippen molar-refractivity contribution in [3.05, 3.63) is 157 Å². The molecule has 0 saturated carbocycles. The van der Waals surface area contributed by atoms with E-state index in [0.717, 1.165) is 28.4 Å². The van der Waals surface area contributed by atoms with E-state index in [1.54, 1.807) is 0 Å². The molecule has 46 heavy (non-hydrogen) atoms. The standard InChI is InChI=1S/C43H26N2O/c1-5-16-37-29(11-1)30-12-2-6-17-38(30)44(37)28-21-20-26-22-27-10-9-15-33-35-24-36-32-14-4-8-19-41(32)46-42(36)25-40(35)45(43(27)33)39-18-7-3-13-31(39)34(26)23-28/h1-21,23-25H,22H2. The summed E-state index contributed by atoms with van der Waals surface area (Å²) in [6.45, 7) is 0. The summed E-state index contributed by atoms with van der Waals surface area (Å²) < 4.78 is 11.3. The van der Waals surface area contributed by atoms with E-state index in [2.05, 4.69) is 149 Å². The molecular formula is C43H26N2O. The third-order valence-electron chi connectivity index (χ3n) is 10.1. The molecular weight excluding hydrogens is 560 g/mol. The molecule has 214 valence electrons. The fourth-order valence-electron chi connectivity index (χ4n) is 8.16. The molecule has 3 nitrogen and oxygen atoms in total. The van der Waals surface area contributed by atoms with Gasteiger partial charge in [-0.1, -0.05) is 97.1 Å². The lowest BCUT2D eigenvalue weighted by Gasteiger charge is -2.22. The maximum atomic E-state index is 6.42. The predicted octanol–water partition coefficient (Wildman–Crippen LogP) is 11.4. The summed E-state index contributed by atoms with van der Waals surface area (Å²) in [5.74, 6) is 0. The number of hydrogen-bond acceptors (Lipinski definition) is 1. The van der Waals surface area contributed by atoms with Crippen molar-refractivity contribution in [3.63, 3.8) is 0 Å². The van der Waals surface area contributed by atoms with E-state index >= 15 is 0 Å². The molecule has 0 spiro atoms. The average Bonchev–Trinajstić information content (AvgIpc) is 3.74. The minimum absolute atomic E-state index is 0.851. The highest BCUT2D eigenvalue weighted by atomic mass is 16.3. The average molecular weight is 587 g/mol. The Kier molecular flexibility index (Phi) is 4.63. The van der Waals surface area contributed by atoms with Crippen molar-refractivity contribution in [1.82, 2.24) is 9.13 Å².